The van der Waals surface area contributed by atoms with E-state index in [4.69, 9.17) is 5.73 Å². The van der Waals surface area contributed by atoms with Crippen LogP contribution in [0.2, 0.25) is 0 Å². The Kier molecular flexibility index (Phi) is 5.86. The van der Waals surface area contributed by atoms with Gasteiger partial charge in [0, 0.05) is 24.7 Å². The number of nitrogens with zero attached hydrogens (tertiary/aromatic N) is 2. The second kappa shape index (κ2) is 8.07. The van der Waals surface area contributed by atoms with E-state index < -0.39 is 4.92 Å². The molecule has 0 aromatic heterocycles. The normalized spacial score (nSPS) is 10.4. The zero-order valence-corrected chi connectivity index (χ0v) is 13.1. The topological polar surface area (TPSA) is 110 Å². The highest BCUT2D eigenvalue weighted by atomic mass is 16.6. The van der Waals surface area contributed by atoms with Gasteiger partial charge in [-0.05, 0) is 24.1 Å². The Bertz CT molecular complexity index is 719. The lowest BCUT2D eigenvalue weighted by molar-refractivity contribution is -0.383. The van der Waals surface area contributed by atoms with Gasteiger partial charge in [0.15, 0.2) is 0 Å². The van der Waals surface area contributed by atoms with Gasteiger partial charge in [-0.25, -0.2) is 0 Å². The van der Waals surface area contributed by atoms with Crippen LogP contribution in [0.25, 0.3) is 0 Å². The van der Waals surface area contributed by atoms with Crippen molar-refractivity contribution in [3.05, 3.63) is 69.8 Å². The highest BCUT2D eigenvalue weighted by Crippen LogP contribution is 2.23. The van der Waals surface area contributed by atoms with Gasteiger partial charge in [0.05, 0.1) is 11.5 Å². The highest BCUT2D eigenvalue weighted by Gasteiger charge is 2.20. The van der Waals surface area contributed by atoms with Gasteiger partial charge < -0.3 is 15.7 Å². The molecule has 1 amide bonds. The molecule has 0 radical (unpaired) electrons. The van der Waals surface area contributed by atoms with Crippen molar-refractivity contribution in [2.75, 3.05) is 25.4 Å². The van der Waals surface area contributed by atoms with Crippen LogP contribution in [0, 0.1) is 10.1 Å². The summed E-state index contributed by atoms with van der Waals surface area (Å²) < 4.78 is 0. The maximum Gasteiger partial charge on any atom is 0.292 e. The van der Waals surface area contributed by atoms with Crippen molar-refractivity contribution in [3.8, 4) is 0 Å². The summed E-state index contributed by atoms with van der Waals surface area (Å²) in [5.41, 5.74) is 6.51. The molecule has 0 heterocycles. The van der Waals surface area contributed by atoms with E-state index in [2.05, 4.69) is 0 Å². The van der Waals surface area contributed by atoms with Crippen LogP contribution in [0.4, 0.5) is 11.4 Å². The Balaban J connectivity index is 2.16. The summed E-state index contributed by atoms with van der Waals surface area (Å²) in [6, 6.07) is 13.6. The molecule has 0 spiro atoms. The number of nitro benzene ring substituents is 1. The molecule has 0 saturated heterocycles. The van der Waals surface area contributed by atoms with Crippen LogP contribution >= 0.6 is 0 Å². The standard InChI is InChI=1S/C17H19N3O4/c18-15-7-6-14(12-16(15)20(23)24)17(22)19(10-11-21)9-8-13-4-2-1-3-5-13/h1-7,12,21H,8-11,18H2. The summed E-state index contributed by atoms with van der Waals surface area (Å²) in [7, 11) is 0. The number of aliphatic hydroxyl groups is 1. The Labute approximate surface area is 139 Å². The molecule has 0 saturated carbocycles. The largest absolute Gasteiger partial charge is 0.395 e. The van der Waals surface area contributed by atoms with Gasteiger partial charge in [-0.3, -0.25) is 14.9 Å². The second-order valence-corrected chi connectivity index (χ2v) is 5.28. The van der Waals surface area contributed by atoms with Crippen LogP contribution < -0.4 is 5.73 Å². The molecule has 0 fully saturated rings. The van der Waals surface area contributed by atoms with E-state index in [1.54, 1.807) is 0 Å². The number of carbonyl (C=O) groups is 1. The summed E-state index contributed by atoms with van der Waals surface area (Å²) in [4.78, 5) is 24.4. The molecule has 0 aliphatic rings. The fourth-order valence-electron chi connectivity index (χ4n) is 2.36. The molecule has 7 nitrogen and oxygen atoms in total. The van der Waals surface area contributed by atoms with E-state index in [0.717, 1.165) is 5.56 Å². The zero-order chi connectivity index (χ0) is 17.5. The molecule has 2 aromatic carbocycles. The van der Waals surface area contributed by atoms with Gasteiger partial charge in [0.25, 0.3) is 11.6 Å². The lowest BCUT2D eigenvalue weighted by Crippen LogP contribution is -2.35. The maximum absolute atomic E-state index is 12.6. The molecule has 24 heavy (non-hydrogen) atoms. The number of nitrogens with two attached hydrogens (primary N) is 1. The van der Waals surface area contributed by atoms with Crippen LogP contribution in [-0.2, 0) is 6.42 Å². The fourth-order valence-corrected chi connectivity index (χ4v) is 2.36. The van der Waals surface area contributed by atoms with E-state index in [0.29, 0.717) is 13.0 Å². The molecular weight excluding hydrogens is 310 g/mol. The maximum atomic E-state index is 12.6. The quantitative estimate of drug-likeness (QED) is 0.458. The van der Waals surface area contributed by atoms with Crippen LogP contribution in [0.15, 0.2) is 48.5 Å². The smallest absolute Gasteiger partial charge is 0.292 e. The zero-order valence-electron chi connectivity index (χ0n) is 13.1. The lowest BCUT2D eigenvalue weighted by Gasteiger charge is -2.22. The molecule has 0 aliphatic carbocycles. The Hall–Kier alpha value is -2.93. The van der Waals surface area contributed by atoms with Crippen LogP contribution in [0.3, 0.4) is 0 Å². The molecule has 0 bridgehead atoms. The van der Waals surface area contributed by atoms with Crippen molar-refractivity contribution >= 4 is 17.3 Å². The predicted octanol–water partition coefficient (Wildman–Crippen LogP) is 1.85. The molecule has 2 rings (SSSR count). The number of benzene rings is 2. The number of nitrogen functional groups attached to an aromatic ring is 1. The number of anilines is 1. The third-order valence-corrected chi connectivity index (χ3v) is 3.64. The molecule has 126 valence electrons. The minimum Gasteiger partial charge on any atom is -0.395 e. The van der Waals surface area contributed by atoms with E-state index in [9.17, 15) is 20.0 Å². The van der Waals surface area contributed by atoms with Crippen LogP contribution in [-0.4, -0.2) is 40.5 Å². The minimum absolute atomic E-state index is 0.00884. The molecule has 7 heteroatoms. The number of aliphatic hydroxyl groups excluding tert-OH is 1. The van der Waals surface area contributed by atoms with E-state index in [1.165, 1.54) is 23.1 Å². The van der Waals surface area contributed by atoms with Crippen molar-refractivity contribution in [1.29, 1.82) is 0 Å². The second-order valence-electron chi connectivity index (χ2n) is 5.28. The lowest BCUT2D eigenvalue weighted by atomic mass is 10.1. The highest BCUT2D eigenvalue weighted by molar-refractivity contribution is 5.95. The van der Waals surface area contributed by atoms with Gasteiger partial charge in [-0.1, -0.05) is 30.3 Å². The third-order valence-electron chi connectivity index (χ3n) is 3.64. The summed E-state index contributed by atoms with van der Waals surface area (Å²) in [5.74, 6) is -0.372. The minimum atomic E-state index is -0.619. The summed E-state index contributed by atoms with van der Waals surface area (Å²) in [6.07, 6.45) is 0.629. The molecule has 0 unspecified atom stereocenters. The van der Waals surface area contributed by atoms with Crippen molar-refractivity contribution in [2.45, 2.75) is 6.42 Å². The van der Waals surface area contributed by atoms with Crippen LogP contribution in [0.1, 0.15) is 15.9 Å². The van der Waals surface area contributed by atoms with E-state index in [-0.39, 0.29) is 36.0 Å². The Morgan fingerprint density at radius 2 is 1.88 bits per heavy atom. The van der Waals surface area contributed by atoms with Gasteiger partial charge in [-0.15, -0.1) is 0 Å². The Morgan fingerprint density at radius 3 is 2.50 bits per heavy atom. The molecular formula is C17H19N3O4. The first kappa shape index (κ1) is 17.4. The molecule has 3 N–H and O–H groups in total. The Morgan fingerprint density at radius 1 is 1.17 bits per heavy atom. The van der Waals surface area contributed by atoms with Gasteiger partial charge in [0.1, 0.15) is 5.69 Å². The van der Waals surface area contributed by atoms with E-state index >= 15 is 0 Å². The predicted molar refractivity (Wildman–Crippen MR) is 90.6 cm³/mol. The molecule has 2 aromatic rings. The number of nitro groups is 1. The van der Waals surface area contributed by atoms with Crippen molar-refractivity contribution < 1.29 is 14.8 Å². The molecule has 0 atom stereocenters. The van der Waals surface area contributed by atoms with Gasteiger partial charge in [-0.2, -0.15) is 0 Å². The first-order chi connectivity index (χ1) is 11.5. The average molecular weight is 329 g/mol. The van der Waals surface area contributed by atoms with Gasteiger partial charge in [0.2, 0.25) is 0 Å². The third kappa shape index (κ3) is 4.30. The number of carbonyl (C=O) groups excluding carboxylic acids is 1. The first-order valence-electron chi connectivity index (χ1n) is 7.51. The summed E-state index contributed by atoms with van der Waals surface area (Å²) in [5, 5.41) is 20.2. The van der Waals surface area contributed by atoms with Gasteiger partial charge >= 0.3 is 0 Å². The molecule has 0 aliphatic heterocycles. The first-order valence-corrected chi connectivity index (χ1v) is 7.51. The van der Waals surface area contributed by atoms with Crippen molar-refractivity contribution in [1.82, 2.24) is 4.90 Å². The number of amides is 1. The summed E-state index contributed by atoms with van der Waals surface area (Å²) in [6.45, 7) is 0.378. The SMILES string of the molecule is Nc1ccc(C(=O)N(CCO)CCc2ccccc2)cc1[N+](=O)[O-]. The number of hydrogen-bond donors (Lipinski definition) is 2. The average Bonchev–Trinajstić information content (AvgIpc) is 2.59. The fraction of sp³-hybridized carbons (Fsp3) is 0.235. The van der Waals surface area contributed by atoms with E-state index in [1.807, 2.05) is 30.3 Å². The van der Waals surface area contributed by atoms with Crippen molar-refractivity contribution in [3.63, 3.8) is 0 Å². The summed E-state index contributed by atoms with van der Waals surface area (Å²) >= 11 is 0. The van der Waals surface area contributed by atoms with Crippen molar-refractivity contribution in [2.24, 2.45) is 0 Å². The monoisotopic (exact) mass is 329 g/mol. The number of rotatable bonds is 7. The van der Waals surface area contributed by atoms with Crippen LogP contribution in [0.5, 0.6) is 0 Å². The number of hydrogen-bond acceptors (Lipinski definition) is 5.